The van der Waals surface area contributed by atoms with Crippen LogP contribution in [0.5, 0.6) is 0 Å². The number of nitrogens with two attached hydrogens (primary N) is 1. The summed E-state index contributed by atoms with van der Waals surface area (Å²) in [4.78, 5) is 33.6. The van der Waals surface area contributed by atoms with Gasteiger partial charge >= 0.3 is 5.97 Å². The minimum absolute atomic E-state index is 0.212. The summed E-state index contributed by atoms with van der Waals surface area (Å²) in [5.41, 5.74) is 1.42. The minimum atomic E-state index is -1.40. The molecule has 6 nitrogen and oxygen atoms in total. The van der Waals surface area contributed by atoms with Gasteiger partial charge in [-0.15, -0.1) is 0 Å². The van der Waals surface area contributed by atoms with E-state index in [2.05, 4.69) is 0 Å². The first-order valence-electron chi connectivity index (χ1n) is 4.61. The molecule has 1 aromatic rings. The van der Waals surface area contributed by atoms with Crippen molar-refractivity contribution >= 4 is 17.7 Å². The summed E-state index contributed by atoms with van der Waals surface area (Å²) in [6, 6.07) is 7.85. The van der Waals surface area contributed by atoms with Gasteiger partial charge in [0.2, 0.25) is 0 Å². The average molecular weight is 234 g/mol. The van der Waals surface area contributed by atoms with Crippen molar-refractivity contribution in [2.24, 2.45) is 5.84 Å². The third-order valence-corrected chi connectivity index (χ3v) is 1.92. The standard InChI is InChI=1S/C11H10N2O4/c12-13-11(17)8(6-9(14)15)10(16)7-4-2-1-3-5-7/h1-6H,12H2,(H,13,17)(H,14,15)/b8-6-. The van der Waals surface area contributed by atoms with Crippen LogP contribution < -0.4 is 11.3 Å². The number of carbonyl (C=O) groups is 3. The molecule has 1 rings (SSSR count). The fourth-order valence-electron chi connectivity index (χ4n) is 1.18. The van der Waals surface area contributed by atoms with Crippen molar-refractivity contribution in [3.05, 3.63) is 47.5 Å². The molecule has 6 heteroatoms. The van der Waals surface area contributed by atoms with Gasteiger partial charge in [0, 0.05) is 11.6 Å². The van der Waals surface area contributed by atoms with Crippen molar-refractivity contribution in [3.63, 3.8) is 0 Å². The van der Waals surface area contributed by atoms with Crippen LogP contribution in [0.3, 0.4) is 0 Å². The normalized spacial score (nSPS) is 10.8. The Kier molecular flexibility index (Phi) is 4.13. The first-order chi connectivity index (χ1) is 8.06. The number of Topliss-reactive ketones (excluding diaryl/α,β-unsaturated/α-hetero) is 1. The largest absolute Gasteiger partial charge is 0.478 e. The Morgan fingerprint density at radius 2 is 1.76 bits per heavy atom. The Morgan fingerprint density at radius 3 is 2.24 bits per heavy atom. The fourth-order valence-corrected chi connectivity index (χ4v) is 1.18. The maximum Gasteiger partial charge on any atom is 0.329 e. The van der Waals surface area contributed by atoms with Crippen LogP contribution in [-0.4, -0.2) is 22.8 Å². The maximum absolute atomic E-state index is 11.8. The van der Waals surface area contributed by atoms with E-state index in [1.54, 1.807) is 23.6 Å². The summed E-state index contributed by atoms with van der Waals surface area (Å²) < 4.78 is 0. The molecule has 0 aromatic heterocycles. The van der Waals surface area contributed by atoms with Crippen LogP contribution >= 0.6 is 0 Å². The second-order valence-electron chi connectivity index (χ2n) is 3.06. The highest BCUT2D eigenvalue weighted by Gasteiger charge is 2.20. The minimum Gasteiger partial charge on any atom is -0.478 e. The second-order valence-corrected chi connectivity index (χ2v) is 3.06. The Bertz CT molecular complexity index is 480. The van der Waals surface area contributed by atoms with Gasteiger partial charge in [-0.05, 0) is 0 Å². The first kappa shape index (κ1) is 12.6. The zero-order chi connectivity index (χ0) is 12.8. The summed E-state index contributed by atoms with van der Waals surface area (Å²) in [6.07, 6.45) is 0.525. The van der Waals surface area contributed by atoms with Crippen LogP contribution in [0.15, 0.2) is 42.0 Å². The topological polar surface area (TPSA) is 109 Å². The number of carboxylic acids is 1. The lowest BCUT2D eigenvalue weighted by Gasteiger charge is -2.04. The lowest BCUT2D eigenvalue weighted by molar-refractivity contribution is -0.131. The zero-order valence-corrected chi connectivity index (χ0v) is 8.71. The smallest absolute Gasteiger partial charge is 0.329 e. The molecule has 0 aliphatic rings. The van der Waals surface area contributed by atoms with Crippen molar-refractivity contribution in [1.82, 2.24) is 5.43 Å². The van der Waals surface area contributed by atoms with Gasteiger partial charge in [-0.1, -0.05) is 30.3 Å². The Hall–Kier alpha value is -2.47. The highest BCUT2D eigenvalue weighted by atomic mass is 16.4. The molecule has 0 aliphatic heterocycles. The fraction of sp³-hybridized carbons (Fsp3) is 0. The third kappa shape index (κ3) is 3.25. The molecule has 0 fully saturated rings. The van der Waals surface area contributed by atoms with E-state index >= 15 is 0 Å². The maximum atomic E-state index is 11.8. The molecule has 0 saturated heterocycles. The van der Waals surface area contributed by atoms with E-state index in [0.717, 1.165) is 0 Å². The zero-order valence-electron chi connectivity index (χ0n) is 8.71. The molecule has 0 unspecified atom stereocenters. The quantitative estimate of drug-likeness (QED) is 0.128. The van der Waals surface area contributed by atoms with Gasteiger partial charge < -0.3 is 5.11 Å². The van der Waals surface area contributed by atoms with Crippen LogP contribution in [0.2, 0.25) is 0 Å². The van der Waals surface area contributed by atoms with Crippen LogP contribution in [-0.2, 0) is 9.59 Å². The number of amides is 1. The third-order valence-electron chi connectivity index (χ3n) is 1.92. The van der Waals surface area contributed by atoms with Crippen LogP contribution in [0.4, 0.5) is 0 Å². The van der Waals surface area contributed by atoms with E-state index in [0.29, 0.717) is 6.08 Å². The van der Waals surface area contributed by atoms with Crippen molar-refractivity contribution in [2.75, 3.05) is 0 Å². The number of aliphatic carboxylic acids is 1. The predicted molar refractivity (Wildman–Crippen MR) is 58.8 cm³/mol. The lowest BCUT2D eigenvalue weighted by Crippen LogP contribution is -2.34. The van der Waals surface area contributed by atoms with Crippen molar-refractivity contribution in [3.8, 4) is 0 Å². The number of benzene rings is 1. The van der Waals surface area contributed by atoms with Gasteiger partial charge in [-0.2, -0.15) is 0 Å². The van der Waals surface area contributed by atoms with Gasteiger partial charge in [0.25, 0.3) is 5.91 Å². The molecule has 0 spiro atoms. The summed E-state index contributed by atoms with van der Waals surface area (Å²) in [6.45, 7) is 0. The van der Waals surface area contributed by atoms with Gasteiger partial charge in [0.05, 0.1) is 5.57 Å². The van der Waals surface area contributed by atoms with Gasteiger partial charge in [0.15, 0.2) is 5.78 Å². The number of rotatable bonds is 4. The molecule has 0 bridgehead atoms. The Morgan fingerprint density at radius 1 is 1.18 bits per heavy atom. The molecule has 0 heterocycles. The molecular weight excluding hydrogens is 224 g/mol. The first-order valence-corrected chi connectivity index (χ1v) is 4.61. The molecule has 0 atom stereocenters. The van der Waals surface area contributed by atoms with Crippen molar-refractivity contribution in [2.45, 2.75) is 0 Å². The highest BCUT2D eigenvalue weighted by molar-refractivity contribution is 6.27. The number of carbonyl (C=O) groups excluding carboxylic acids is 2. The van der Waals surface area contributed by atoms with Gasteiger partial charge in [-0.25, -0.2) is 10.6 Å². The number of carboxylic acid groups (broad SMARTS) is 1. The molecule has 88 valence electrons. The highest BCUT2D eigenvalue weighted by Crippen LogP contribution is 2.08. The predicted octanol–water partition coefficient (Wildman–Crippen LogP) is -0.130. The molecule has 0 saturated carbocycles. The number of nitrogens with one attached hydrogen (secondary N) is 1. The molecule has 17 heavy (non-hydrogen) atoms. The van der Waals surface area contributed by atoms with Crippen LogP contribution in [0, 0.1) is 0 Å². The van der Waals surface area contributed by atoms with Gasteiger partial charge in [0.1, 0.15) is 0 Å². The van der Waals surface area contributed by atoms with E-state index in [1.165, 1.54) is 12.1 Å². The Balaban J connectivity index is 3.13. The van der Waals surface area contributed by atoms with Crippen molar-refractivity contribution in [1.29, 1.82) is 0 Å². The van der Waals surface area contributed by atoms with E-state index in [1.807, 2.05) is 0 Å². The number of hydrogen-bond acceptors (Lipinski definition) is 4. The number of ketones is 1. The average Bonchev–Trinajstić information content (AvgIpc) is 2.35. The van der Waals surface area contributed by atoms with E-state index in [-0.39, 0.29) is 5.56 Å². The summed E-state index contributed by atoms with van der Waals surface area (Å²) in [5, 5.41) is 8.57. The van der Waals surface area contributed by atoms with E-state index in [4.69, 9.17) is 10.9 Å². The number of hydrogen-bond donors (Lipinski definition) is 3. The van der Waals surface area contributed by atoms with E-state index in [9.17, 15) is 14.4 Å². The molecule has 4 N–H and O–H groups in total. The SMILES string of the molecule is NNC(=O)/C(=C\C(=O)O)C(=O)c1ccccc1. The molecule has 0 radical (unpaired) electrons. The molecular formula is C11H10N2O4. The summed E-state index contributed by atoms with van der Waals surface area (Å²) in [7, 11) is 0. The van der Waals surface area contributed by atoms with Crippen LogP contribution in [0.1, 0.15) is 10.4 Å². The molecule has 1 aromatic carbocycles. The molecule has 0 aliphatic carbocycles. The molecule has 1 amide bonds. The lowest BCUT2D eigenvalue weighted by atomic mass is 10.0. The van der Waals surface area contributed by atoms with Crippen molar-refractivity contribution < 1.29 is 19.5 Å². The van der Waals surface area contributed by atoms with Gasteiger partial charge in [-0.3, -0.25) is 15.0 Å². The van der Waals surface area contributed by atoms with E-state index < -0.39 is 23.2 Å². The Labute approximate surface area is 96.7 Å². The van der Waals surface area contributed by atoms with Crippen LogP contribution in [0.25, 0.3) is 0 Å². The second kappa shape index (κ2) is 5.57. The monoisotopic (exact) mass is 234 g/mol. The number of hydrazine groups is 1. The summed E-state index contributed by atoms with van der Waals surface area (Å²) >= 11 is 0. The summed E-state index contributed by atoms with van der Waals surface area (Å²) in [5.74, 6) is 1.84.